The molecule has 1 aromatic carbocycles. The van der Waals surface area contributed by atoms with Crippen LogP contribution in [0.2, 0.25) is 0 Å². The van der Waals surface area contributed by atoms with Gasteiger partial charge in [0, 0.05) is 13.7 Å². The van der Waals surface area contributed by atoms with E-state index in [4.69, 9.17) is 9.57 Å². The number of hydrogen-bond acceptors (Lipinski definition) is 5. The van der Waals surface area contributed by atoms with Gasteiger partial charge >= 0.3 is 6.03 Å². The lowest BCUT2D eigenvalue weighted by Crippen LogP contribution is -2.42. The summed E-state index contributed by atoms with van der Waals surface area (Å²) in [5.41, 5.74) is 1.85. The van der Waals surface area contributed by atoms with E-state index in [-0.39, 0.29) is 18.1 Å². The molecule has 4 rings (SSSR count). The Morgan fingerprint density at radius 2 is 2.04 bits per heavy atom. The van der Waals surface area contributed by atoms with E-state index in [0.29, 0.717) is 26.3 Å². The van der Waals surface area contributed by atoms with Gasteiger partial charge in [0.25, 0.3) is 0 Å². The molecule has 2 aliphatic rings. The van der Waals surface area contributed by atoms with E-state index >= 15 is 0 Å². The second kappa shape index (κ2) is 7.43. The van der Waals surface area contributed by atoms with Gasteiger partial charge in [0.1, 0.15) is 12.3 Å². The lowest BCUT2D eigenvalue weighted by molar-refractivity contribution is -0.140. The lowest BCUT2D eigenvalue weighted by atomic mass is 10.0. The SMILES string of the molecule is COCc1cn(C[C@@H]2CC[C@@H]3CN2C(=O)N3OCc2ccccc2)nn1. The maximum atomic E-state index is 12.8. The van der Waals surface area contributed by atoms with Crippen LogP contribution in [0.4, 0.5) is 4.79 Å². The zero-order valence-corrected chi connectivity index (χ0v) is 14.8. The molecular weight excluding hydrogens is 334 g/mol. The number of rotatable bonds is 7. The number of hydroxylamine groups is 2. The Labute approximate surface area is 152 Å². The standard InChI is InChI=1S/C18H23N5O3/c1-25-13-15-9-21(20-19-15)10-16-7-8-17-11-22(16)18(24)23(17)26-12-14-5-3-2-4-6-14/h2-6,9,16-17H,7-8,10-13H2,1H3/t16-,17+/m0/s1. The first-order chi connectivity index (χ1) is 12.7. The molecule has 2 atom stereocenters. The highest BCUT2D eigenvalue weighted by molar-refractivity contribution is 5.76. The number of fused-ring (bicyclic) bond motifs is 2. The van der Waals surface area contributed by atoms with E-state index in [1.165, 1.54) is 0 Å². The minimum atomic E-state index is -0.0503. The monoisotopic (exact) mass is 357 g/mol. The van der Waals surface area contributed by atoms with Crippen molar-refractivity contribution < 1.29 is 14.4 Å². The van der Waals surface area contributed by atoms with Gasteiger partial charge in [-0.1, -0.05) is 35.5 Å². The number of methoxy groups -OCH3 is 1. The zero-order chi connectivity index (χ0) is 17.9. The van der Waals surface area contributed by atoms with E-state index in [1.54, 1.807) is 16.9 Å². The number of hydrogen-bond donors (Lipinski definition) is 0. The lowest BCUT2D eigenvalue weighted by Gasteiger charge is -2.30. The zero-order valence-electron chi connectivity index (χ0n) is 14.8. The van der Waals surface area contributed by atoms with Crippen molar-refractivity contribution >= 4 is 6.03 Å². The molecule has 8 nitrogen and oxygen atoms in total. The van der Waals surface area contributed by atoms with Crippen LogP contribution in [-0.4, -0.2) is 56.7 Å². The van der Waals surface area contributed by atoms with Crippen molar-refractivity contribution in [3.63, 3.8) is 0 Å². The number of urea groups is 1. The molecule has 0 spiro atoms. The quantitative estimate of drug-likeness (QED) is 0.756. The summed E-state index contributed by atoms with van der Waals surface area (Å²) < 4.78 is 6.86. The molecule has 2 bridgehead atoms. The second-order valence-corrected chi connectivity index (χ2v) is 6.77. The van der Waals surface area contributed by atoms with E-state index in [1.807, 2.05) is 41.4 Å². The van der Waals surface area contributed by atoms with Crippen LogP contribution in [0.3, 0.4) is 0 Å². The van der Waals surface area contributed by atoms with E-state index in [9.17, 15) is 4.79 Å². The Morgan fingerprint density at radius 1 is 1.19 bits per heavy atom. The van der Waals surface area contributed by atoms with Gasteiger partial charge in [-0.2, -0.15) is 5.06 Å². The maximum absolute atomic E-state index is 12.8. The summed E-state index contributed by atoms with van der Waals surface area (Å²) in [6.07, 6.45) is 3.74. The molecule has 2 aromatic rings. The smallest absolute Gasteiger partial charge is 0.344 e. The number of aromatic nitrogens is 3. The van der Waals surface area contributed by atoms with Crippen LogP contribution < -0.4 is 0 Å². The molecule has 0 unspecified atom stereocenters. The van der Waals surface area contributed by atoms with Crippen LogP contribution in [0.1, 0.15) is 24.1 Å². The van der Waals surface area contributed by atoms with Crippen LogP contribution in [0.5, 0.6) is 0 Å². The molecule has 0 radical (unpaired) electrons. The van der Waals surface area contributed by atoms with Gasteiger partial charge in [-0.15, -0.1) is 5.10 Å². The van der Waals surface area contributed by atoms with Crippen molar-refractivity contribution in [1.29, 1.82) is 0 Å². The van der Waals surface area contributed by atoms with Crippen molar-refractivity contribution in [2.75, 3.05) is 13.7 Å². The number of ether oxygens (including phenoxy) is 1. The first-order valence-electron chi connectivity index (χ1n) is 8.89. The fraction of sp³-hybridized carbons (Fsp3) is 0.500. The van der Waals surface area contributed by atoms with Crippen LogP contribution in [-0.2, 0) is 29.3 Å². The van der Waals surface area contributed by atoms with Crippen molar-refractivity contribution in [2.45, 2.75) is 44.7 Å². The summed E-state index contributed by atoms with van der Waals surface area (Å²) in [7, 11) is 1.63. The third-order valence-corrected chi connectivity index (χ3v) is 4.94. The highest BCUT2D eigenvalue weighted by Crippen LogP contribution is 2.31. The predicted octanol–water partition coefficient (Wildman–Crippen LogP) is 1.82. The van der Waals surface area contributed by atoms with Crippen LogP contribution in [0, 0.1) is 0 Å². The van der Waals surface area contributed by atoms with Crippen LogP contribution in [0.25, 0.3) is 0 Å². The molecule has 0 N–H and O–H groups in total. The van der Waals surface area contributed by atoms with Crippen molar-refractivity contribution in [1.82, 2.24) is 25.0 Å². The normalized spacial score (nSPS) is 22.3. The molecule has 2 fully saturated rings. The number of benzene rings is 1. The summed E-state index contributed by atoms with van der Waals surface area (Å²) in [6.45, 7) is 2.20. The summed E-state index contributed by atoms with van der Waals surface area (Å²) >= 11 is 0. The Hall–Kier alpha value is -2.45. The van der Waals surface area contributed by atoms with Gasteiger partial charge < -0.3 is 9.64 Å². The van der Waals surface area contributed by atoms with Gasteiger partial charge in [-0.25, -0.2) is 4.79 Å². The van der Waals surface area contributed by atoms with E-state index in [2.05, 4.69) is 10.3 Å². The molecule has 2 aliphatic heterocycles. The minimum absolute atomic E-state index is 0.0503. The molecule has 8 heteroatoms. The fourth-order valence-corrected chi connectivity index (χ4v) is 3.64. The maximum Gasteiger partial charge on any atom is 0.344 e. The molecular formula is C18H23N5O3. The largest absolute Gasteiger partial charge is 0.378 e. The van der Waals surface area contributed by atoms with E-state index < -0.39 is 0 Å². The van der Waals surface area contributed by atoms with Gasteiger partial charge in [0.15, 0.2) is 0 Å². The van der Waals surface area contributed by atoms with Gasteiger partial charge in [0.05, 0.1) is 31.4 Å². The van der Waals surface area contributed by atoms with Gasteiger partial charge in [-0.05, 0) is 18.4 Å². The molecule has 2 saturated heterocycles. The Balaban J connectivity index is 1.37. The first kappa shape index (κ1) is 17.0. The van der Waals surface area contributed by atoms with Gasteiger partial charge in [0.2, 0.25) is 0 Å². The Morgan fingerprint density at radius 3 is 2.85 bits per heavy atom. The fourth-order valence-electron chi connectivity index (χ4n) is 3.64. The molecule has 0 aliphatic carbocycles. The number of amides is 2. The molecule has 138 valence electrons. The van der Waals surface area contributed by atoms with Gasteiger partial charge in [-0.3, -0.25) is 9.52 Å². The summed E-state index contributed by atoms with van der Waals surface area (Å²) in [6, 6.07) is 10.1. The second-order valence-electron chi connectivity index (χ2n) is 6.77. The average molecular weight is 357 g/mol. The Bertz CT molecular complexity index is 750. The number of piperidine rings is 1. The number of nitrogens with zero attached hydrogens (tertiary/aromatic N) is 5. The molecule has 3 heterocycles. The topological polar surface area (TPSA) is 72.7 Å². The predicted molar refractivity (Wildman–Crippen MR) is 92.7 cm³/mol. The molecule has 26 heavy (non-hydrogen) atoms. The number of carbonyl (C=O) groups is 1. The third-order valence-electron chi connectivity index (χ3n) is 4.94. The minimum Gasteiger partial charge on any atom is -0.378 e. The van der Waals surface area contributed by atoms with Crippen LogP contribution >= 0.6 is 0 Å². The summed E-state index contributed by atoms with van der Waals surface area (Å²) in [5, 5.41) is 9.77. The van der Waals surface area contributed by atoms with Crippen molar-refractivity contribution in [2.24, 2.45) is 0 Å². The average Bonchev–Trinajstić information content (AvgIpc) is 3.20. The Kier molecular flexibility index (Phi) is 4.85. The van der Waals surface area contributed by atoms with Crippen LogP contribution in [0.15, 0.2) is 36.5 Å². The molecule has 2 amide bonds. The third kappa shape index (κ3) is 3.42. The highest BCUT2D eigenvalue weighted by Gasteiger charge is 2.45. The number of carbonyl (C=O) groups excluding carboxylic acids is 1. The summed E-state index contributed by atoms with van der Waals surface area (Å²) in [4.78, 5) is 20.5. The van der Waals surface area contributed by atoms with Crippen molar-refractivity contribution in [3.8, 4) is 0 Å². The first-order valence-corrected chi connectivity index (χ1v) is 8.89. The summed E-state index contributed by atoms with van der Waals surface area (Å²) in [5.74, 6) is 0. The molecule has 0 saturated carbocycles. The van der Waals surface area contributed by atoms with Crippen molar-refractivity contribution in [3.05, 3.63) is 47.8 Å². The highest BCUT2D eigenvalue weighted by atomic mass is 16.7. The van der Waals surface area contributed by atoms with E-state index in [0.717, 1.165) is 24.1 Å². The molecule has 1 aromatic heterocycles.